The minimum atomic E-state index is -0.618. The highest BCUT2D eigenvalue weighted by Crippen LogP contribution is 2.47. The van der Waals surface area contributed by atoms with Gasteiger partial charge < -0.3 is 29.9 Å². The number of carbonyl (C=O) groups is 1. The molecule has 0 aliphatic carbocycles. The summed E-state index contributed by atoms with van der Waals surface area (Å²) in [5, 5.41) is 7.18. The zero-order valence-corrected chi connectivity index (χ0v) is 22.8. The van der Waals surface area contributed by atoms with Gasteiger partial charge in [0, 0.05) is 53.4 Å². The molecule has 2 N–H and O–H groups in total. The van der Waals surface area contributed by atoms with Crippen LogP contribution in [-0.4, -0.2) is 36.0 Å². The minimum absolute atomic E-state index is 0.0983. The molecule has 2 atom stereocenters. The molecule has 0 radical (unpaired) electrons. The van der Waals surface area contributed by atoms with E-state index in [2.05, 4.69) is 10.6 Å². The van der Waals surface area contributed by atoms with E-state index in [9.17, 15) is 9.18 Å². The van der Waals surface area contributed by atoms with Crippen LogP contribution in [0, 0.1) is 5.82 Å². The fraction of sp³-hybridized carbons (Fsp3) is 0.194. The van der Waals surface area contributed by atoms with Crippen molar-refractivity contribution in [2.75, 3.05) is 14.2 Å². The Hall–Kier alpha value is -4.43. The number of hydrogen-bond acceptors (Lipinski definition) is 6. The number of rotatable bonds is 8. The van der Waals surface area contributed by atoms with Gasteiger partial charge in [0.05, 0.1) is 20.3 Å². The molecule has 0 aromatic heterocycles. The van der Waals surface area contributed by atoms with Gasteiger partial charge in [-0.15, -0.1) is 0 Å². The first-order valence-corrected chi connectivity index (χ1v) is 13.3. The van der Waals surface area contributed by atoms with E-state index < -0.39 is 17.9 Å². The van der Waals surface area contributed by atoms with Crippen molar-refractivity contribution in [1.29, 1.82) is 0 Å². The van der Waals surface area contributed by atoms with E-state index in [-0.39, 0.29) is 5.91 Å². The second kappa shape index (κ2) is 10.6. The Morgan fingerprint density at radius 2 is 1.62 bits per heavy atom. The van der Waals surface area contributed by atoms with Crippen molar-refractivity contribution in [3.8, 4) is 11.5 Å². The molecule has 7 nitrogen and oxygen atoms in total. The van der Waals surface area contributed by atoms with Gasteiger partial charge in [-0.3, -0.25) is 4.79 Å². The lowest BCUT2D eigenvalue weighted by Crippen LogP contribution is -2.41. The first-order chi connectivity index (χ1) is 19.5. The van der Waals surface area contributed by atoms with Crippen LogP contribution in [0.1, 0.15) is 22.7 Å². The maximum absolute atomic E-state index is 14.6. The summed E-state index contributed by atoms with van der Waals surface area (Å²) in [6.45, 7) is 0.829. The second-order valence-corrected chi connectivity index (χ2v) is 10.2. The van der Waals surface area contributed by atoms with E-state index in [4.69, 9.17) is 21.1 Å². The van der Waals surface area contributed by atoms with Crippen molar-refractivity contribution < 1.29 is 18.7 Å². The van der Waals surface area contributed by atoms with Crippen molar-refractivity contribution in [3.05, 3.63) is 130 Å². The Kier molecular flexibility index (Phi) is 6.86. The number of amides is 1. The van der Waals surface area contributed by atoms with Crippen LogP contribution in [0.15, 0.2) is 102 Å². The lowest BCUT2D eigenvalue weighted by Gasteiger charge is -2.32. The van der Waals surface area contributed by atoms with Gasteiger partial charge in [-0.1, -0.05) is 35.9 Å². The van der Waals surface area contributed by atoms with Gasteiger partial charge in [0.25, 0.3) is 5.91 Å². The number of nitrogens with zero attached hydrogens (tertiary/aromatic N) is 2. The van der Waals surface area contributed by atoms with Crippen LogP contribution in [0.25, 0.3) is 0 Å². The lowest BCUT2D eigenvalue weighted by molar-refractivity contribution is -0.132. The molecule has 0 bridgehead atoms. The average molecular weight is 559 g/mol. The van der Waals surface area contributed by atoms with Crippen molar-refractivity contribution >= 4 is 17.5 Å². The molecule has 204 valence electrons. The largest absolute Gasteiger partial charge is 0.497 e. The Morgan fingerprint density at radius 3 is 2.30 bits per heavy atom. The number of allylic oxidation sites excluding steroid dienone is 1. The van der Waals surface area contributed by atoms with E-state index in [1.165, 1.54) is 12.1 Å². The molecule has 3 heterocycles. The molecule has 0 spiro atoms. The summed E-state index contributed by atoms with van der Waals surface area (Å²) in [7, 11) is 3.25. The standard InChI is InChI=1S/C31H28ClFN4O3/c1-39-22-8-3-19(4-9-22)17-35-26-16-27-34-13-14-36(27)30-28(26)29(24-15-21(33)7-12-25(24)32)37(31(30)38)18-20-5-10-23(40-2)11-6-20/h3-16,29-30,34-35H,17-18H2,1-2H3. The molecule has 1 fully saturated rings. The fourth-order valence-electron chi connectivity index (χ4n) is 5.47. The lowest BCUT2D eigenvalue weighted by atomic mass is 9.92. The van der Waals surface area contributed by atoms with Crippen molar-refractivity contribution in [2.24, 2.45) is 0 Å². The highest BCUT2D eigenvalue weighted by Gasteiger charge is 2.51. The predicted molar refractivity (Wildman–Crippen MR) is 151 cm³/mol. The Labute approximate surface area is 237 Å². The van der Waals surface area contributed by atoms with Gasteiger partial charge in [-0.2, -0.15) is 0 Å². The third kappa shape index (κ3) is 4.64. The van der Waals surface area contributed by atoms with Crippen LogP contribution in [0.3, 0.4) is 0 Å². The molecule has 3 aliphatic rings. The van der Waals surface area contributed by atoms with Gasteiger partial charge in [-0.25, -0.2) is 4.39 Å². The molecule has 0 saturated carbocycles. The Morgan fingerprint density at radius 1 is 0.950 bits per heavy atom. The van der Waals surface area contributed by atoms with Crippen molar-refractivity contribution in [2.45, 2.75) is 25.2 Å². The molecule has 1 saturated heterocycles. The van der Waals surface area contributed by atoms with Gasteiger partial charge >= 0.3 is 0 Å². The van der Waals surface area contributed by atoms with Crippen molar-refractivity contribution in [3.63, 3.8) is 0 Å². The molecule has 3 aliphatic heterocycles. The summed E-state index contributed by atoms with van der Waals surface area (Å²) >= 11 is 6.69. The Balaban J connectivity index is 1.45. The normalized spacial score (nSPS) is 19.3. The number of carbonyl (C=O) groups excluding carboxylic acids is 1. The number of hydrogen-bond donors (Lipinski definition) is 2. The monoisotopic (exact) mass is 558 g/mol. The first-order valence-electron chi connectivity index (χ1n) is 12.9. The van der Waals surface area contributed by atoms with E-state index in [1.807, 2.05) is 65.7 Å². The van der Waals surface area contributed by atoms with Gasteiger partial charge in [-0.05, 0) is 53.6 Å². The van der Waals surface area contributed by atoms with Gasteiger partial charge in [0.15, 0.2) is 0 Å². The molecule has 1 amide bonds. The number of ether oxygens (including phenoxy) is 2. The van der Waals surface area contributed by atoms with E-state index in [0.717, 1.165) is 39.7 Å². The van der Waals surface area contributed by atoms with Crippen LogP contribution in [0.5, 0.6) is 11.5 Å². The number of likely N-dealkylation sites (tertiary alicyclic amines) is 1. The van der Waals surface area contributed by atoms with Gasteiger partial charge in [0.2, 0.25) is 0 Å². The SMILES string of the molecule is COc1ccc(CNC2=C3C(C(=O)N(Cc4ccc(OC)cc4)C3c3cc(F)ccc3Cl)N3C=CNC3=C2)cc1. The molecule has 2 unspecified atom stereocenters. The summed E-state index contributed by atoms with van der Waals surface area (Å²) in [6, 6.07) is 18.5. The second-order valence-electron chi connectivity index (χ2n) is 9.75. The molecule has 40 heavy (non-hydrogen) atoms. The summed E-state index contributed by atoms with van der Waals surface area (Å²) < 4.78 is 25.2. The molecule has 3 aromatic rings. The highest BCUT2D eigenvalue weighted by atomic mass is 35.5. The third-order valence-electron chi connectivity index (χ3n) is 7.44. The number of halogens is 2. The quantitative estimate of drug-likeness (QED) is 0.395. The zero-order chi connectivity index (χ0) is 27.8. The number of methoxy groups -OCH3 is 2. The summed E-state index contributed by atoms with van der Waals surface area (Å²) in [6.07, 6.45) is 5.65. The van der Waals surface area contributed by atoms with E-state index in [0.29, 0.717) is 23.7 Å². The van der Waals surface area contributed by atoms with Crippen LogP contribution >= 0.6 is 11.6 Å². The zero-order valence-electron chi connectivity index (χ0n) is 22.0. The number of fused-ring (bicyclic) bond motifs is 3. The van der Waals surface area contributed by atoms with Crippen molar-refractivity contribution in [1.82, 2.24) is 20.4 Å². The van der Waals surface area contributed by atoms with Crippen LogP contribution in [0.4, 0.5) is 4.39 Å². The molecular weight excluding hydrogens is 531 g/mol. The molecule has 6 rings (SSSR count). The smallest absolute Gasteiger partial charge is 0.251 e. The summed E-state index contributed by atoms with van der Waals surface area (Å²) in [5.74, 6) is 1.78. The Bertz CT molecular complexity index is 1540. The maximum Gasteiger partial charge on any atom is 0.251 e. The topological polar surface area (TPSA) is 66.1 Å². The highest BCUT2D eigenvalue weighted by molar-refractivity contribution is 6.31. The van der Waals surface area contributed by atoms with Gasteiger partial charge in [0.1, 0.15) is 29.2 Å². The van der Waals surface area contributed by atoms with E-state index >= 15 is 0 Å². The number of nitrogens with one attached hydrogen (secondary N) is 2. The number of benzene rings is 3. The first kappa shape index (κ1) is 25.8. The van der Waals surface area contributed by atoms with Crippen LogP contribution in [0.2, 0.25) is 5.02 Å². The molecule has 3 aromatic carbocycles. The van der Waals surface area contributed by atoms with E-state index in [1.54, 1.807) is 31.4 Å². The molecular formula is C31H28ClFN4O3. The molecule has 9 heteroatoms. The fourth-order valence-corrected chi connectivity index (χ4v) is 5.69. The summed E-state index contributed by atoms with van der Waals surface area (Å²) in [4.78, 5) is 17.9. The maximum atomic E-state index is 14.6. The van der Waals surface area contributed by atoms with Crippen LogP contribution < -0.4 is 20.1 Å². The average Bonchev–Trinajstić information content (AvgIpc) is 3.56. The predicted octanol–water partition coefficient (Wildman–Crippen LogP) is 5.22. The third-order valence-corrected chi connectivity index (χ3v) is 7.78. The minimum Gasteiger partial charge on any atom is -0.497 e. The van der Waals surface area contributed by atoms with Crippen LogP contribution in [-0.2, 0) is 17.9 Å². The summed E-state index contributed by atoms with van der Waals surface area (Å²) in [5.41, 5.74) is 4.11.